The van der Waals surface area contributed by atoms with Gasteiger partial charge in [0.05, 0.1) is 11.1 Å². The Hall–Kier alpha value is -2.48. The van der Waals surface area contributed by atoms with E-state index >= 15 is 0 Å². The maximum Gasteiger partial charge on any atom is 0.262 e. The van der Waals surface area contributed by atoms with Crippen LogP contribution in [0.1, 0.15) is 26.5 Å². The zero-order chi connectivity index (χ0) is 15.9. The maximum absolute atomic E-state index is 12.2. The molecule has 1 aromatic carbocycles. The first kappa shape index (κ1) is 14.5. The van der Waals surface area contributed by atoms with Gasteiger partial charge in [-0.2, -0.15) is 0 Å². The van der Waals surface area contributed by atoms with Gasteiger partial charge in [-0.25, -0.2) is 0 Å². The van der Waals surface area contributed by atoms with Gasteiger partial charge in [-0.05, 0) is 25.1 Å². The Balaban J connectivity index is 1.75. The number of rotatable bonds is 3. The second-order valence-electron chi connectivity index (χ2n) is 4.76. The van der Waals surface area contributed by atoms with Crippen LogP contribution in [0.4, 0.5) is 5.82 Å². The highest BCUT2D eigenvalue weighted by atomic mass is 79.9. The van der Waals surface area contributed by atoms with Gasteiger partial charge in [-0.1, -0.05) is 21.1 Å². The summed E-state index contributed by atoms with van der Waals surface area (Å²) in [5, 5.41) is 6.09. The van der Waals surface area contributed by atoms with Gasteiger partial charge in [-0.3, -0.25) is 19.3 Å². The van der Waals surface area contributed by atoms with Crippen molar-refractivity contribution in [3.05, 3.63) is 45.6 Å². The van der Waals surface area contributed by atoms with Crippen LogP contribution in [0, 0.1) is 6.92 Å². The minimum atomic E-state index is -0.526. The van der Waals surface area contributed by atoms with E-state index in [0.29, 0.717) is 15.8 Å². The van der Waals surface area contributed by atoms with Crippen LogP contribution in [0.15, 0.2) is 33.3 Å². The number of nitrogens with zero attached hydrogens (tertiary/aromatic N) is 2. The second-order valence-corrected chi connectivity index (χ2v) is 5.67. The fourth-order valence-electron chi connectivity index (χ4n) is 2.16. The number of aromatic nitrogens is 1. The molecule has 0 saturated heterocycles. The highest BCUT2D eigenvalue weighted by Crippen LogP contribution is 2.25. The Morgan fingerprint density at radius 2 is 2.00 bits per heavy atom. The van der Waals surface area contributed by atoms with Gasteiger partial charge in [0.1, 0.15) is 12.3 Å². The summed E-state index contributed by atoms with van der Waals surface area (Å²) in [6, 6.07) is 6.33. The van der Waals surface area contributed by atoms with E-state index in [2.05, 4.69) is 26.4 Å². The zero-order valence-electron chi connectivity index (χ0n) is 11.4. The van der Waals surface area contributed by atoms with Crippen LogP contribution in [0.3, 0.4) is 0 Å². The quantitative estimate of drug-likeness (QED) is 0.841. The third kappa shape index (κ3) is 2.52. The summed E-state index contributed by atoms with van der Waals surface area (Å²) in [5.41, 5.74) is 0.572. The maximum atomic E-state index is 12.2. The number of nitrogens with one attached hydrogen (secondary N) is 1. The first-order chi connectivity index (χ1) is 10.5. The van der Waals surface area contributed by atoms with E-state index in [4.69, 9.17) is 4.52 Å². The number of benzene rings is 1. The Kier molecular flexibility index (Phi) is 3.53. The number of imide groups is 1. The van der Waals surface area contributed by atoms with Crippen molar-refractivity contribution in [2.45, 2.75) is 6.92 Å². The van der Waals surface area contributed by atoms with Crippen LogP contribution in [0.2, 0.25) is 0 Å². The Bertz CT molecular complexity index is 799. The standard InChI is InChI=1S/C14H10BrN3O4/c1-7-4-11(17-22-7)16-12(19)6-18-13(20)9-3-2-8(15)5-10(9)14(18)21/h2-5H,6H2,1H3,(H,16,17,19). The number of carbonyl (C=O) groups is 3. The molecule has 8 heteroatoms. The van der Waals surface area contributed by atoms with E-state index in [-0.39, 0.29) is 17.9 Å². The highest BCUT2D eigenvalue weighted by molar-refractivity contribution is 9.10. The van der Waals surface area contributed by atoms with Crippen molar-refractivity contribution < 1.29 is 18.9 Å². The molecule has 0 fully saturated rings. The Morgan fingerprint density at radius 3 is 2.68 bits per heavy atom. The number of carbonyl (C=O) groups excluding carboxylic acids is 3. The van der Waals surface area contributed by atoms with Crippen LogP contribution >= 0.6 is 15.9 Å². The molecular formula is C14H10BrN3O4. The van der Waals surface area contributed by atoms with Gasteiger partial charge in [-0.15, -0.1) is 0 Å². The number of aryl methyl sites for hydroxylation is 1. The predicted molar refractivity (Wildman–Crippen MR) is 79.4 cm³/mol. The summed E-state index contributed by atoms with van der Waals surface area (Å²) in [5.74, 6) is -0.726. The van der Waals surface area contributed by atoms with Crippen LogP contribution in [0.25, 0.3) is 0 Å². The summed E-state index contributed by atoms with van der Waals surface area (Å²) in [6.45, 7) is 1.31. The molecule has 1 aliphatic rings. The lowest BCUT2D eigenvalue weighted by Gasteiger charge is -2.12. The fraction of sp³-hybridized carbons (Fsp3) is 0.143. The smallest absolute Gasteiger partial charge is 0.262 e. The van der Waals surface area contributed by atoms with Gasteiger partial charge < -0.3 is 9.84 Å². The first-order valence-corrected chi connectivity index (χ1v) is 7.14. The minimum absolute atomic E-state index is 0.238. The van der Waals surface area contributed by atoms with Crippen molar-refractivity contribution in [1.29, 1.82) is 0 Å². The average Bonchev–Trinajstić information content (AvgIpc) is 2.96. The molecule has 2 aromatic rings. The number of hydrogen-bond acceptors (Lipinski definition) is 5. The number of anilines is 1. The molecule has 0 atom stereocenters. The van der Waals surface area contributed by atoms with Gasteiger partial charge in [0.15, 0.2) is 5.82 Å². The number of halogens is 1. The summed E-state index contributed by atoms with van der Waals surface area (Å²) in [7, 11) is 0. The Morgan fingerprint density at radius 1 is 1.27 bits per heavy atom. The summed E-state index contributed by atoms with van der Waals surface area (Å²) < 4.78 is 5.52. The topological polar surface area (TPSA) is 92.5 Å². The summed E-state index contributed by atoms with van der Waals surface area (Å²) in [6.07, 6.45) is 0. The third-order valence-electron chi connectivity index (χ3n) is 3.13. The van der Waals surface area contributed by atoms with E-state index in [1.807, 2.05) is 0 Å². The summed E-state index contributed by atoms with van der Waals surface area (Å²) >= 11 is 3.25. The van der Waals surface area contributed by atoms with Crippen LogP contribution < -0.4 is 5.32 Å². The summed E-state index contributed by atoms with van der Waals surface area (Å²) in [4.78, 5) is 37.2. The molecule has 1 N–H and O–H groups in total. The van der Waals surface area contributed by atoms with Crippen molar-refractivity contribution >= 4 is 39.5 Å². The van der Waals surface area contributed by atoms with Gasteiger partial charge >= 0.3 is 0 Å². The van der Waals surface area contributed by atoms with Crippen LogP contribution in [-0.2, 0) is 4.79 Å². The largest absolute Gasteiger partial charge is 0.360 e. The monoisotopic (exact) mass is 363 g/mol. The third-order valence-corrected chi connectivity index (χ3v) is 3.62. The van der Waals surface area contributed by atoms with Gasteiger partial charge in [0.25, 0.3) is 11.8 Å². The van der Waals surface area contributed by atoms with Gasteiger partial charge in [0.2, 0.25) is 5.91 Å². The number of fused-ring (bicyclic) bond motifs is 1. The van der Waals surface area contributed by atoms with Crippen molar-refractivity contribution in [2.75, 3.05) is 11.9 Å². The Labute approximate surface area is 133 Å². The molecule has 3 amide bonds. The minimum Gasteiger partial charge on any atom is -0.360 e. The van der Waals surface area contributed by atoms with E-state index in [9.17, 15) is 14.4 Å². The van der Waals surface area contributed by atoms with Crippen molar-refractivity contribution in [3.8, 4) is 0 Å². The van der Waals surface area contributed by atoms with Crippen LogP contribution in [0.5, 0.6) is 0 Å². The molecular weight excluding hydrogens is 354 g/mol. The van der Waals surface area contributed by atoms with Crippen molar-refractivity contribution in [3.63, 3.8) is 0 Å². The molecule has 1 aliphatic heterocycles. The van der Waals surface area contributed by atoms with Crippen molar-refractivity contribution in [2.24, 2.45) is 0 Å². The van der Waals surface area contributed by atoms with Crippen LogP contribution in [-0.4, -0.2) is 34.3 Å². The number of hydrogen-bond donors (Lipinski definition) is 1. The molecule has 1 aromatic heterocycles. The lowest BCUT2D eigenvalue weighted by molar-refractivity contribution is -0.116. The van der Waals surface area contributed by atoms with E-state index in [0.717, 1.165) is 4.90 Å². The lowest BCUT2D eigenvalue weighted by Crippen LogP contribution is -2.37. The van der Waals surface area contributed by atoms with E-state index < -0.39 is 17.7 Å². The fourth-order valence-corrected chi connectivity index (χ4v) is 2.52. The highest BCUT2D eigenvalue weighted by Gasteiger charge is 2.36. The van der Waals surface area contributed by atoms with E-state index in [1.54, 1.807) is 25.1 Å². The number of amides is 3. The van der Waals surface area contributed by atoms with E-state index in [1.165, 1.54) is 6.07 Å². The second kappa shape index (κ2) is 5.38. The SMILES string of the molecule is Cc1cc(NC(=O)CN2C(=O)c3ccc(Br)cc3C2=O)no1. The molecule has 0 spiro atoms. The predicted octanol–water partition coefficient (Wildman–Crippen LogP) is 1.98. The molecule has 112 valence electrons. The molecule has 0 radical (unpaired) electrons. The molecule has 7 nitrogen and oxygen atoms in total. The zero-order valence-corrected chi connectivity index (χ0v) is 13.0. The van der Waals surface area contributed by atoms with Gasteiger partial charge in [0, 0.05) is 10.5 Å². The normalized spacial score (nSPS) is 13.5. The molecule has 0 aliphatic carbocycles. The molecule has 3 rings (SSSR count). The molecule has 0 unspecified atom stereocenters. The lowest BCUT2D eigenvalue weighted by atomic mass is 10.1. The van der Waals surface area contributed by atoms with Crippen molar-refractivity contribution in [1.82, 2.24) is 10.1 Å². The molecule has 2 heterocycles. The first-order valence-electron chi connectivity index (χ1n) is 6.34. The molecule has 0 bridgehead atoms. The average molecular weight is 364 g/mol. The molecule has 0 saturated carbocycles. The molecule has 22 heavy (non-hydrogen) atoms.